The zero-order chi connectivity index (χ0) is 20.0. The molecule has 11 heteroatoms. The molecule has 0 bridgehead atoms. The molecule has 4 heterocycles. The number of anilines is 2. The first-order chi connectivity index (χ1) is 14.1. The third-order valence-electron chi connectivity index (χ3n) is 5.03. The summed E-state index contributed by atoms with van der Waals surface area (Å²) in [4.78, 5) is 21.0. The number of hydrogen-bond acceptors (Lipinski definition) is 7. The minimum absolute atomic E-state index is 0.332. The molecule has 1 aromatic carbocycles. The maximum absolute atomic E-state index is 13.9. The third kappa shape index (κ3) is 3.40. The minimum atomic E-state index is -0.344. The summed E-state index contributed by atoms with van der Waals surface area (Å²) in [6, 6.07) is 4.86. The molecule has 1 aliphatic heterocycles. The molecule has 9 nitrogen and oxygen atoms in total. The second-order valence-electron chi connectivity index (χ2n) is 7.04. The predicted molar refractivity (Wildman–Crippen MR) is 112 cm³/mol. The van der Waals surface area contributed by atoms with Crippen LogP contribution in [0.15, 0.2) is 29.0 Å². The molecule has 0 radical (unpaired) electrons. The van der Waals surface area contributed by atoms with Crippen molar-refractivity contribution in [1.82, 2.24) is 34.4 Å². The van der Waals surface area contributed by atoms with Gasteiger partial charge < -0.3 is 20.1 Å². The molecule has 0 unspecified atom stereocenters. The molecule has 29 heavy (non-hydrogen) atoms. The molecule has 1 aliphatic rings. The number of piperazine rings is 1. The van der Waals surface area contributed by atoms with E-state index in [1.165, 1.54) is 6.07 Å². The molecule has 5 rings (SSSR count). The van der Waals surface area contributed by atoms with Gasteiger partial charge in [0, 0.05) is 26.2 Å². The first-order valence-corrected chi connectivity index (χ1v) is 10.1. The Balaban J connectivity index is 1.45. The van der Waals surface area contributed by atoms with Crippen LogP contribution in [0.4, 0.5) is 16.2 Å². The molecule has 0 saturated carbocycles. The standard InChI is InChI=1S/C18H19BrFN9/c1-27-5-7-28(8-6-27)18-25-16(17-22-9-13(19)29(17)26-18)21-10-14-23-12-4-2-3-11(20)15(12)24-14/h2-4,9H,5-8,10H2,1H3,(H,23,24)(H,21,25,26). The summed E-state index contributed by atoms with van der Waals surface area (Å²) in [7, 11) is 2.11. The summed E-state index contributed by atoms with van der Waals surface area (Å²) < 4.78 is 16.4. The maximum Gasteiger partial charge on any atom is 0.245 e. The van der Waals surface area contributed by atoms with Crippen LogP contribution in [0.25, 0.3) is 16.7 Å². The van der Waals surface area contributed by atoms with Gasteiger partial charge in [-0.05, 0) is 35.1 Å². The van der Waals surface area contributed by atoms with Gasteiger partial charge in [0.1, 0.15) is 15.9 Å². The van der Waals surface area contributed by atoms with Gasteiger partial charge in [0.15, 0.2) is 17.3 Å². The molecule has 2 N–H and O–H groups in total. The van der Waals surface area contributed by atoms with E-state index in [-0.39, 0.29) is 5.82 Å². The lowest BCUT2D eigenvalue weighted by Crippen LogP contribution is -2.45. The highest BCUT2D eigenvalue weighted by atomic mass is 79.9. The first-order valence-electron chi connectivity index (χ1n) is 9.30. The van der Waals surface area contributed by atoms with E-state index in [9.17, 15) is 4.39 Å². The van der Waals surface area contributed by atoms with Crippen LogP contribution in [-0.2, 0) is 6.54 Å². The van der Waals surface area contributed by atoms with E-state index in [0.29, 0.717) is 40.8 Å². The number of para-hydroxylation sites is 1. The smallest absolute Gasteiger partial charge is 0.245 e. The number of rotatable bonds is 4. The minimum Gasteiger partial charge on any atom is -0.360 e. The maximum atomic E-state index is 13.9. The number of halogens is 2. The van der Waals surface area contributed by atoms with Crippen molar-refractivity contribution in [1.29, 1.82) is 0 Å². The summed E-state index contributed by atoms with van der Waals surface area (Å²) in [5.41, 5.74) is 1.60. The van der Waals surface area contributed by atoms with Gasteiger partial charge in [-0.1, -0.05) is 6.07 Å². The number of fused-ring (bicyclic) bond motifs is 2. The van der Waals surface area contributed by atoms with Crippen LogP contribution >= 0.6 is 15.9 Å². The van der Waals surface area contributed by atoms with E-state index >= 15 is 0 Å². The highest BCUT2D eigenvalue weighted by Crippen LogP contribution is 2.22. The van der Waals surface area contributed by atoms with Crippen LogP contribution in [0.5, 0.6) is 0 Å². The fourth-order valence-corrected chi connectivity index (χ4v) is 3.75. The van der Waals surface area contributed by atoms with E-state index in [0.717, 1.165) is 30.8 Å². The van der Waals surface area contributed by atoms with Crippen molar-refractivity contribution in [3.05, 3.63) is 40.6 Å². The van der Waals surface area contributed by atoms with Crippen molar-refractivity contribution in [3.8, 4) is 0 Å². The van der Waals surface area contributed by atoms with Crippen molar-refractivity contribution in [3.63, 3.8) is 0 Å². The van der Waals surface area contributed by atoms with Gasteiger partial charge in [0.25, 0.3) is 0 Å². The van der Waals surface area contributed by atoms with Gasteiger partial charge in [-0.2, -0.15) is 9.50 Å². The van der Waals surface area contributed by atoms with Gasteiger partial charge in [0.05, 0.1) is 18.3 Å². The number of benzene rings is 1. The Morgan fingerprint density at radius 3 is 2.83 bits per heavy atom. The highest BCUT2D eigenvalue weighted by Gasteiger charge is 2.20. The second-order valence-corrected chi connectivity index (χ2v) is 7.85. The number of aromatic nitrogens is 6. The third-order valence-corrected chi connectivity index (χ3v) is 5.57. The predicted octanol–water partition coefficient (Wildman–Crippen LogP) is 2.27. The van der Waals surface area contributed by atoms with E-state index in [1.54, 1.807) is 22.8 Å². The number of aromatic amines is 1. The van der Waals surface area contributed by atoms with Crippen molar-refractivity contribution in [2.24, 2.45) is 0 Å². The van der Waals surface area contributed by atoms with Crippen molar-refractivity contribution < 1.29 is 4.39 Å². The molecule has 150 valence electrons. The van der Waals surface area contributed by atoms with Crippen molar-refractivity contribution >= 4 is 44.4 Å². The van der Waals surface area contributed by atoms with Crippen LogP contribution in [0.1, 0.15) is 5.82 Å². The summed E-state index contributed by atoms with van der Waals surface area (Å²) in [5.74, 6) is 1.51. The highest BCUT2D eigenvalue weighted by molar-refractivity contribution is 9.10. The number of hydrogen-bond donors (Lipinski definition) is 2. The molecule has 0 spiro atoms. The quantitative estimate of drug-likeness (QED) is 0.483. The van der Waals surface area contributed by atoms with E-state index in [2.05, 4.69) is 58.1 Å². The van der Waals surface area contributed by atoms with Crippen LogP contribution < -0.4 is 10.2 Å². The average Bonchev–Trinajstić information content (AvgIpc) is 3.31. The van der Waals surface area contributed by atoms with Gasteiger partial charge >= 0.3 is 0 Å². The second kappa shape index (κ2) is 7.23. The molecule has 0 amide bonds. The Kier molecular flexibility index (Phi) is 4.55. The average molecular weight is 460 g/mol. The van der Waals surface area contributed by atoms with Crippen LogP contribution in [0.3, 0.4) is 0 Å². The largest absolute Gasteiger partial charge is 0.360 e. The SMILES string of the molecule is CN1CCN(c2nc(NCc3nc4c(F)cccc4[nH]3)c3ncc(Br)n3n2)CC1. The number of imidazole rings is 2. The van der Waals surface area contributed by atoms with Crippen molar-refractivity contribution in [2.45, 2.75) is 6.54 Å². The molecule has 1 fully saturated rings. The molecule has 3 aromatic heterocycles. The fraction of sp³-hybridized carbons (Fsp3) is 0.333. The summed E-state index contributed by atoms with van der Waals surface area (Å²) >= 11 is 3.49. The lowest BCUT2D eigenvalue weighted by Gasteiger charge is -2.32. The zero-order valence-corrected chi connectivity index (χ0v) is 17.3. The van der Waals surface area contributed by atoms with Crippen molar-refractivity contribution in [2.75, 3.05) is 43.4 Å². The Morgan fingerprint density at radius 2 is 2.03 bits per heavy atom. The van der Waals surface area contributed by atoms with Crippen LogP contribution in [-0.4, -0.2) is 67.7 Å². The normalized spacial score (nSPS) is 15.5. The van der Waals surface area contributed by atoms with Gasteiger partial charge in [-0.25, -0.2) is 14.4 Å². The molecule has 1 saturated heterocycles. The Hall–Kier alpha value is -2.79. The summed E-state index contributed by atoms with van der Waals surface area (Å²) in [6.45, 7) is 3.99. The van der Waals surface area contributed by atoms with Gasteiger partial charge in [-0.15, -0.1) is 5.10 Å². The van der Waals surface area contributed by atoms with Crippen LogP contribution in [0.2, 0.25) is 0 Å². The van der Waals surface area contributed by atoms with Crippen LogP contribution in [0, 0.1) is 5.82 Å². The molecular formula is C18H19BrFN9. The lowest BCUT2D eigenvalue weighted by molar-refractivity contribution is 0.310. The summed E-state index contributed by atoms with van der Waals surface area (Å²) in [5, 5.41) is 7.91. The molecule has 4 aromatic rings. The number of H-pyrrole nitrogens is 1. The van der Waals surface area contributed by atoms with Gasteiger partial charge in [-0.3, -0.25) is 0 Å². The van der Waals surface area contributed by atoms with E-state index in [1.807, 2.05) is 0 Å². The molecule has 0 atom stereocenters. The van der Waals surface area contributed by atoms with E-state index < -0.39 is 0 Å². The molecule has 0 aliphatic carbocycles. The van der Waals surface area contributed by atoms with E-state index in [4.69, 9.17) is 4.98 Å². The topological polar surface area (TPSA) is 90.3 Å². The first kappa shape index (κ1) is 18.3. The number of nitrogens with zero attached hydrogens (tertiary/aromatic N) is 7. The molecular weight excluding hydrogens is 441 g/mol. The Labute approximate surface area is 174 Å². The number of nitrogens with one attached hydrogen (secondary N) is 2. The Bertz CT molecular complexity index is 1180. The number of likely N-dealkylation sites (N-methyl/N-ethyl adjacent to an activating group) is 1. The fourth-order valence-electron chi connectivity index (χ4n) is 3.40. The summed E-state index contributed by atoms with van der Waals surface area (Å²) in [6.07, 6.45) is 1.69. The van der Waals surface area contributed by atoms with Gasteiger partial charge in [0.2, 0.25) is 5.95 Å². The zero-order valence-electron chi connectivity index (χ0n) is 15.7. The monoisotopic (exact) mass is 459 g/mol. The lowest BCUT2D eigenvalue weighted by atomic mass is 10.3. The Morgan fingerprint density at radius 1 is 1.21 bits per heavy atom.